The van der Waals surface area contributed by atoms with Gasteiger partial charge in [0.15, 0.2) is 0 Å². The number of nitrogens with one attached hydrogen (secondary N) is 1. The first-order valence-electron chi connectivity index (χ1n) is 8.37. The van der Waals surface area contributed by atoms with Crippen molar-refractivity contribution in [3.05, 3.63) is 0 Å². The average molecular weight is 301 g/mol. The van der Waals surface area contributed by atoms with Gasteiger partial charge in [0.2, 0.25) is 0 Å². The normalized spacial score (nSPS) is 14.2. The highest BCUT2D eigenvalue weighted by Crippen LogP contribution is 2.16. The molecule has 0 aliphatic heterocycles. The van der Waals surface area contributed by atoms with E-state index in [1.54, 1.807) is 0 Å². The SMILES string of the molecule is CCCNC(C)(CCCCOCCCC(C)C)C(=O)OC. The standard InChI is InChI=1S/C17H35NO3/c1-6-12-18-17(4,16(19)20-5)11-7-8-13-21-14-9-10-15(2)3/h15,18H,6-14H2,1-5H3. The summed E-state index contributed by atoms with van der Waals surface area (Å²) in [6, 6.07) is 0. The first-order chi connectivity index (χ1) is 9.96. The summed E-state index contributed by atoms with van der Waals surface area (Å²) in [7, 11) is 1.45. The Morgan fingerprint density at radius 3 is 2.43 bits per heavy atom. The van der Waals surface area contributed by atoms with Gasteiger partial charge in [-0.3, -0.25) is 4.79 Å². The summed E-state index contributed by atoms with van der Waals surface area (Å²) in [6.45, 7) is 10.9. The Kier molecular flexibility index (Phi) is 11.6. The molecule has 0 heterocycles. The Labute approximate surface area is 131 Å². The summed E-state index contributed by atoms with van der Waals surface area (Å²) >= 11 is 0. The Balaban J connectivity index is 3.80. The fourth-order valence-corrected chi connectivity index (χ4v) is 2.27. The molecule has 0 rings (SSSR count). The first kappa shape index (κ1) is 20.4. The second-order valence-corrected chi connectivity index (χ2v) is 6.36. The lowest BCUT2D eigenvalue weighted by Crippen LogP contribution is -2.50. The molecule has 0 aromatic heterocycles. The van der Waals surface area contributed by atoms with Crippen molar-refractivity contribution in [3.63, 3.8) is 0 Å². The molecule has 126 valence electrons. The van der Waals surface area contributed by atoms with Crippen molar-refractivity contribution in [3.8, 4) is 0 Å². The summed E-state index contributed by atoms with van der Waals surface area (Å²) in [5.74, 6) is 0.577. The highest BCUT2D eigenvalue weighted by Gasteiger charge is 2.32. The number of hydrogen-bond acceptors (Lipinski definition) is 4. The van der Waals surface area contributed by atoms with Gasteiger partial charge in [0.05, 0.1) is 7.11 Å². The minimum absolute atomic E-state index is 0.172. The molecule has 0 aliphatic rings. The third-order valence-electron chi connectivity index (χ3n) is 3.69. The fraction of sp³-hybridized carbons (Fsp3) is 0.941. The summed E-state index contributed by atoms with van der Waals surface area (Å²) in [6.07, 6.45) is 6.10. The van der Waals surface area contributed by atoms with Crippen molar-refractivity contribution in [2.45, 2.75) is 71.8 Å². The second-order valence-electron chi connectivity index (χ2n) is 6.36. The van der Waals surface area contributed by atoms with Gasteiger partial charge in [-0.2, -0.15) is 0 Å². The number of unbranched alkanes of at least 4 members (excludes halogenated alkanes) is 1. The molecule has 4 heteroatoms. The van der Waals surface area contributed by atoms with Gasteiger partial charge < -0.3 is 14.8 Å². The van der Waals surface area contributed by atoms with Gasteiger partial charge in [-0.1, -0.05) is 20.8 Å². The molecule has 0 aliphatic carbocycles. The van der Waals surface area contributed by atoms with E-state index in [1.807, 2.05) is 6.92 Å². The van der Waals surface area contributed by atoms with E-state index >= 15 is 0 Å². The van der Waals surface area contributed by atoms with Crippen LogP contribution in [-0.4, -0.2) is 38.4 Å². The lowest BCUT2D eigenvalue weighted by Gasteiger charge is -2.28. The molecule has 0 spiro atoms. The number of carbonyl (C=O) groups is 1. The minimum Gasteiger partial charge on any atom is -0.468 e. The van der Waals surface area contributed by atoms with E-state index in [9.17, 15) is 4.79 Å². The van der Waals surface area contributed by atoms with E-state index in [0.717, 1.165) is 57.8 Å². The zero-order chi connectivity index (χ0) is 16.1. The minimum atomic E-state index is -0.567. The van der Waals surface area contributed by atoms with Crippen LogP contribution >= 0.6 is 0 Å². The third kappa shape index (κ3) is 9.86. The molecule has 0 aromatic rings. The largest absolute Gasteiger partial charge is 0.468 e. The van der Waals surface area contributed by atoms with Gasteiger partial charge in [-0.05, 0) is 57.9 Å². The Hall–Kier alpha value is -0.610. The van der Waals surface area contributed by atoms with Crippen molar-refractivity contribution >= 4 is 5.97 Å². The van der Waals surface area contributed by atoms with Gasteiger partial charge >= 0.3 is 5.97 Å². The first-order valence-corrected chi connectivity index (χ1v) is 8.37. The van der Waals surface area contributed by atoms with E-state index in [4.69, 9.17) is 9.47 Å². The fourth-order valence-electron chi connectivity index (χ4n) is 2.27. The van der Waals surface area contributed by atoms with Crippen molar-refractivity contribution in [2.24, 2.45) is 5.92 Å². The van der Waals surface area contributed by atoms with E-state index in [-0.39, 0.29) is 5.97 Å². The van der Waals surface area contributed by atoms with Crippen LogP contribution in [0.4, 0.5) is 0 Å². The molecule has 1 unspecified atom stereocenters. The molecule has 0 fully saturated rings. The molecular formula is C17H35NO3. The summed E-state index contributed by atoms with van der Waals surface area (Å²) < 4.78 is 10.5. The predicted molar refractivity (Wildman–Crippen MR) is 87.5 cm³/mol. The molecular weight excluding hydrogens is 266 g/mol. The molecule has 4 nitrogen and oxygen atoms in total. The number of methoxy groups -OCH3 is 1. The molecule has 21 heavy (non-hydrogen) atoms. The maximum Gasteiger partial charge on any atom is 0.325 e. The van der Waals surface area contributed by atoms with Crippen LogP contribution in [0.15, 0.2) is 0 Å². The smallest absolute Gasteiger partial charge is 0.325 e. The van der Waals surface area contributed by atoms with Crippen molar-refractivity contribution in [1.82, 2.24) is 5.32 Å². The van der Waals surface area contributed by atoms with Crippen molar-refractivity contribution in [1.29, 1.82) is 0 Å². The third-order valence-corrected chi connectivity index (χ3v) is 3.69. The lowest BCUT2D eigenvalue weighted by atomic mass is 9.94. The van der Waals surface area contributed by atoms with Crippen LogP contribution in [0, 0.1) is 5.92 Å². The molecule has 0 radical (unpaired) electrons. The van der Waals surface area contributed by atoms with E-state index in [1.165, 1.54) is 13.5 Å². The van der Waals surface area contributed by atoms with E-state index in [0.29, 0.717) is 0 Å². The van der Waals surface area contributed by atoms with Crippen LogP contribution in [0.25, 0.3) is 0 Å². The van der Waals surface area contributed by atoms with Crippen LogP contribution in [0.2, 0.25) is 0 Å². The van der Waals surface area contributed by atoms with E-state index in [2.05, 4.69) is 26.1 Å². The monoisotopic (exact) mass is 301 g/mol. The molecule has 0 amide bonds. The average Bonchev–Trinajstić information content (AvgIpc) is 2.46. The molecule has 0 bridgehead atoms. The van der Waals surface area contributed by atoms with Gasteiger partial charge in [0.1, 0.15) is 5.54 Å². The topological polar surface area (TPSA) is 47.6 Å². The molecule has 1 N–H and O–H groups in total. The quantitative estimate of drug-likeness (QED) is 0.417. The van der Waals surface area contributed by atoms with Gasteiger partial charge in [0.25, 0.3) is 0 Å². The van der Waals surface area contributed by atoms with Gasteiger partial charge in [-0.25, -0.2) is 0 Å². The molecule has 1 atom stereocenters. The number of ether oxygens (including phenoxy) is 2. The number of rotatable bonds is 13. The Bertz CT molecular complexity index is 269. The maximum atomic E-state index is 11.9. The number of hydrogen-bond donors (Lipinski definition) is 1. The predicted octanol–water partition coefficient (Wildman–Crippen LogP) is 3.54. The highest BCUT2D eigenvalue weighted by atomic mass is 16.5. The van der Waals surface area contributed by atoms with Crippen LogP contribution < -0.4 is 5.32 Å². The summed E-state index contributed by atoms with van der Waals surface area (Å²) in [4.78, 5) is 11.9. The summed E-state index contributed by atoms with van der Waals surface area (Å²) in [5, 5.41) is 3.30. The van der Waals surface area contributed by atoms with Crippen LogP contribution in [0.3, 0.4) is 0 Å². The zero-order valence-electron chi connectivity index (χ0n) is 14.7. The second kappa shape index (κ2) is 12.0. The van der Waals surface area contributed by atoms with Crippen LogP contribution in [-0.2, 0) is 14.3 Å². The molecule has 0 aromatic carbocycles. The molecule has 0 saturated heterocycles. The Morgan fingerprint density at radius 2 is 1.86 bits per heavy atom. The number of carbonyl (C=O) groups excluding carboxylic acids is 1. The zero-order valence-corrected chi connectivity index (χ0v) is 14.7. The van der Waals surface area contributed by atoms with Crippen LogP contribution in [0.5, 0.6) is 0 Å². The number of esters is 1. The highest BCUT2D eigenvalue weighted by molar-refractivity contribution is 5.80. The van der Waals surface area contributed by atoms with Crippen molar-refractivity contribution < 1.29 is 14.3 Å². The Morgan fingerprint density at radius 1 is 1.19 bits per heavy atom. The molecule has 0 saturated carbocycles. The van der Waals surface area contributed by atoms with Gasteiger partial charge in [0, 0.05) is 13.2 Å². The van der Waals surface area contributed by atoms with Crippen molar-refractivity contribution in [2.75, 3.05) is 26.9 Å². The lowest BCUT2D eigenvalue weighted by molar-refractivity contribution is -0.148. The van der Waals surface area contributed by atoms with Crippen LogP contribution in [0.1, 0.15) is 66.2 Å². The van der Waals surface area contributed by atoms with E-state index < -0.39 is 5.54 Å². The maximum absolute atomic E-state index is 11.9. The van der Waals surface area contributed by atoms with Gasteiger partial charge in [-0.15, -0.1) is 0 Å². The summed E-state index contributed by atoms with van der Waals surface area (Å²) in [5.41, 5.74) is -0.567.